The van der Waals surface area contributed by atoms with Crippen LogP contribution < -0.4 is 5.56 Å². The number of hydrogen-bond acceptors (Lipinski definition) is 2. The van der Waals surface area contributed by atoms with E-state index in [0.717, 1.165) is 0 Å². The molecule has 3 nitrogen and oxygen atoms in total. The molecule has 0 saturated heterocycles. The number of nitrogens with one attached hydrogen (secondary N) is 1. The fraction of sp³-hybridized carbons (Fsp3) is 0.333. The Morgan fingerprint density at radius 3 is 2.79 bits per heavy atom. The molecule has 5 heteroatoms. The van der Waals surface area contributed by atoms with Crippen molar-refractivity contribution in [2.45, 2.75) is 19.8 Å². The molecule has 1 rings (SSSR count). The number of hydrogen-bond donors (Lipinski definition) is 1. The van der Waals surface area contributed by atoms with Crippen LogP contribution in [0.4, 0.5) is 8.78 Å². The van der Waals surface area contributed by atoms with E-state index < -0.39 is 17.5 Å². The van der Waals surface area contributed by atoms with Gasteiger partial charge in [-0.1, -0.05) is 0 Å². The molecule has 0 unspecified atom stereocenters. The van der Waals surface area contributed by atoms with Crippen LogP contribution in [0.1, 0.15) is 23.1 Å². The lowest BCUT2D eigenvalue weighted by atomic mass is 10.0. The minimum atomic E-state index is -2.81. The first-order valence-corrected chi connectivity index (χ1v) is 3.94. The Hall–Kier alpha value is -1.70. The maximum Gasteiger partial charge on any atom is 0.269 e. The molecule has 0 spiro atoms. The zero-order chi connectivity index (χ0) is 10.7. The molecule has 14 heavy (non-hydrogen) atoms. The summed E-state index contributed by atoms with van der Waals surface area (Å²) in [6.07, 6.45) is -1.49. The molecule has 0 radical (unpaired) electrons. The maximum absolute atomic E-state index is 12.4. The highest BCUT2D eigenvalue weighted by molar-refractivity contribution is 5.32. The largest absolute Gasteiger partial charge is 0.328 e. The molecule has 0 aliphatic carbocycles. The number of nitriles is 1. The first-order valence-electron chi connectivity index (χ1n) is 3.94. The summed E-state index contributed by atoms with van der Waals surface area (Å²) in [6.45, 7) is 1.42. The number of aromatic amines is 1. The summed E-state index contributed by atoms with van der Waals surface area (Å²) in [5.74, 6) is 0. The quantitative estimate of drug-likeness (QED) is 0.786. The molecule has 74 valence electrons. The zero-order valence-electron chi connectivity index (χ0n) is 7.47. The van der Waals surface area contributed by atoms with Crippen molar-refractivity contribution in [2.75, 3.05) is 0 Å². The monoisotopic (exact) mass is 198 g/mol. The fourth-order valence-electron chi connectivity index (χ4n) is 1.21. The van der Waals surface area contributed by atoms with Gasteiger partial charge in [0, 0.05) is 6.20 Å². The molecule has 0 aliphatic rings. The van der Waals surface area contributed by atoms with E-state index in [1.54, 1.807) is 0 Å². The maximum atomic E-state index is 12.4. The predicted octanol–water partition coefficient (Wildman–Crippen LogP) is 1.69. The van der Waals surface area contributed by atoms with E-state index in [2.05, 4.69) is 4.98 Å². The van der Waals surface area contributed by atoms with E-state index >= 15 is 0 Å². The summed E-state index contributed by atoms with van der Waals surface area (Å²) in [7, 11) is 0. The minimum Gasteiger partial charge on any atom is -0.328 e. The van der Waals surface area contributed by atoms with Crippen LogP contribution in [0.25, 0.3) is 0 Å². The third-order valence-corrected chi connectivity index (χ3v) is 2.00. The zero-order valence-corrected chi connectivity index (χ0v) is 7.47. The fourth-order valence-corrected chi connectivity index (χ4v) is 1.21. The van der Waals surface area contributed by atoms with Gasteiger partial charge in [-0.2, -0.15) is 5.26 Å². The van der Waals surface area contributed by atoms with E-state index in [9.17, 15) is 13.6 Å². The highest BCUT2D eigenvalue weighted by Gasteiger charge is 2.17. The van der Waals surface area contributed by atoms with Crippen LogP contribution in [0.2, 0.25) is 0 Å². The molecular weight excluding hydrogens is 190 g/mol. The summed E-state index contributed by atoms with van der Waals surface area (Å²) in [6, 6.07) is 1.84. The smallest absolute Gasteiger partial charge is 0.269 e. The van der Waals surface area contributed by atoms with Crippen LogP contribution in [0.5, 0.6) is 0 Å². The van der Waals surface area contributed by atoms with Crippen LogP contribution in [-0.2, 0) is 6.42 Å². The molecule has 1 aromatic rings. The van der Waals surface area contributed by atoms with Crippen molar-refractivity contribution in [2.24, 2.45) is 0 Å². The van der Waals surface area contributed by atoms with Crippen LogP contribution in [0.3, 0.4) is 0 Å². The Morgan fingerprint density at radius 2 is 2.29 bits per heavy atom. The first kappa shape index (κ1) is 10.4. The highest BCUT2D eigenvalue weighted by Crippen LogP contribution is 2.20. The van der Waals surface area contributed by atoms with E-state index in [4.69, 9.17) is 5.26 Å². The van der Waals surface area contributed by atoms with Gasteiger partial charge in [0.25, 0.3) is 12.0 Å². The SMILES string of the molecule is Cc1c(CC#N)c[nH]c(=O)c1C(F)F. The Morgan fingerprint density at radius 1 is 1.64 bits per heavy atom. The Bertz CT molecular complexity index is 431. The predicted molar refractivity (Wildman–Crippen MR) is 46.1 cm³/mol. The Labute approximate surface area is 79.0 Å². The molecule has 1 N–H and O–H groups in total. The number of nitrogens with zero attached hydrogens (tertiary/aromatic N) is 1. The number of rotatable bonds is 2. The third kappa shape index (κ3) is 1.79. The molecule has 1 heterocycles. The molecule has 0 aliphatic heterocycles. The van der Waals surface area contributed by atoms with Gasteiger partial charge in [0.1, 0.15) is 0 Å². The molecule has 0 saturated carbocycles. The third-order valence-electron chi connectivity index (χ3n) is 2.00. The Balaban J connectivity index is 3.35. The highest BCUT2D eigenvalue weighted by atomic mass is 19.3. The van der Waals surface area contributed by atoms with Gasteiger partial charge in [0.15, 0.2) is 0 Å². The van der Waals surface area contributed by atoms with Crippen LogP contribution in [0.15, 0.2) is 11.0 Å². The molecule has 0 bridgehead atoms. The first-order chi connectivity index (χ1) is 6.57. The van der Waals surface area contributed by atoms with E-state index in [-0.39, 0.29) is 12.0 Å². The van der Waals surface area contributed by atoms with Crippen LogP contribution in [0, 0.1) is 18.3 Å². The molecule has 0 atom stereocenters. The van der Waals surface area contributed by atoms with Crippen molar-refractivity contribution in [1.29, 1.82) is 5.26 Å². The second kappa shape index (κ2) is 4.01. The second-order valence-electron chi connectivity index (χ2n) is 2.82. The van der Waals surface area contributed by atoms with Crippen molar-refractivity contribution in [1.82, 2.24) is 4.98 Å². The van der Waals surface area contributed by atoms with Gasteiger partial charge in [-0.05, 0) is 18.1 Å². The van der Waals surface area contributed by atoms with Gasteiger partial charge >= 0.3 is 0 Å². The van der Waals surface area contributed by atoms with Gasteiger partial charge in [0.05, 0.1) is 18.1 Å². The number of halogens is 2. The topological polar surface area (TPSA) is 56.6 Å². The van der Waals surface area contributed by atoms with Crippen molar-refractivity contribution in [3.8, 4) is 6.07 Å². The molecule has 1 aromatic heterocycles. The Kier molecular flexibility index (Phi) is 2.97. The molecule has 0 aromatic carbocycles. The van der Waals surface area contributed by atoms with Crippen LogP contribution in [-0.4, -0.2) is 4.98 Å². The van der Waals surface area contributed by atoms with Gasteiger partial charge in [-0.25, -0.2) is 8.78 Å². The van der Waals surface area contributed by atoms with Crippen LogP contribution >= 0.6 is 0 Å². The summed E-state index contributed by atoms with van der Waals surface area (Å²) < 4.78 is 24.8. The van der Waals surface area contributed by atoms with Gasteiger partial charge in [-0.3, -0.25) is 4.79 Å². The number of pyridine rings is 1. The molecule has 0 fully saturated rings. The summed E-state index contributed by atoms with van der Waals surface area (Å²) in [5, 5.41) is 8.41. The molecule has 0 amide bonds. The standard InChI is InChI=1S/C9H8F2N2O/c1-5-6(2-3-12)4-13-9(14)7(5)8(10)11/h4,8H,2H2,1H3,(H,13,14). The second-order valence-corrected chi connectivity index (χ2v) is 2.82. The van der Waals surface area contributed by atoms with Gasteiger partial charge in [0.2, 0.25) is 0 Å². The van der Waals surface area contributed by atoms with Crippen molar-refractivity contribution >= 4 is 0 Å². The lowest BCUT2D eigenvalue weighted by molar-refractivity contribution is 0.148. The summed E-state index contributed by atoms with van der Waals surface area (Å²) in [5.41, 5.74) is -0.704. The lowest BCUT2D eigenvalue weighted by Gasteiger charge is -2.06. The number of aromatic nitrogens is 1. The number of H-pyrrole nitrogens is 1. The molecular formula is C9H8F2N2O. The normalized spacial score (nSPS) is 10.2. The summed E-state index contributed by atoms with van der Waals surface area (Å²) in [4.78, 5) is 13.2. The van der Waals surface area contributed by atoms with Crippen molar-refractivity contribution < 1.29 is 8.78 Å². The average Bonchev–Trinajstić information content (AvgIpc) is 2.10. The lowest BCUT2D eigenvalue weighted by Crippen LogP contribution is -2.16. The van der Waals surface area contributed by atoms with E-state index in [1.807, 2.05) is 6.07 Å². The number of alkyl halides is 2. The average molecular weight is 198 g/mol. The van der Waals surface area contributed by atoms with Crippen molar-refractivity contribution in [3.05, 3.63) is 33.2 Å². The van der Waals surface area contributed by atoms with Gasteiger partial charge in [-0.15, -0.1) is 0 Å². The van der Waals surface area contributed by atoms with E-state index in [1.165, 1.54) is 13.1 Å². The summed E-state index contributed by atoms with van der Waals surface area (Å²) >= 11 is 0. The minimum absolute atomic E-state index is 0.0162. The van der Waals surface area contributed by atoms with Crippen molar-refractivity contribution in [3.63, 3.8) is 0 Å². The van der Waals surface area contributed by atoms with E-state index in [0.29, 0.717) is 5.56 Å². The van der Waals surface area contributed by atoms with Gasteiger partial charge < -0.3 is 4.98 Å².